The van der Waals surface area contributed by atoms with Crippen LogP contribution in [0, 0.1) is 0 Å². The van der Waals surface area contributed by atoms with Crippen LogP contribution in [0.25, 0.3) is 0 Å². The molecule has 0 aliphatic carbocycles. The van der Waals surface area contributed by atoms with E-state index in [0.29, 0.717) is 17.9 Å². The van der Waals surface area contributed by atoms with Crippen LogP contribution in [0.1, 0.15) is 21.6 Å². The number of nitrogens with one attached hydrogen (secondary N) is 1. The van der Waals surface area contributed by atoms with Gasteiger partial charge in [0.1, 0.15) is 12.4 Å². The molecule has 0 radical (unpaired) electrons. The van der Waals surface area contributed by atoms with Gasteiger partial charge in [0.25, 0.3) is 5.91 Å². The molecule has 0 saturated carbocycles. The van der Waals surface area contributed by atoms with Crippen LogP contribution in [0.3, 0.4) is 0 Å². The molecule has 2 aromatic carbocycles. The number of rotatable bonds is 7. The van der Waals surface area contributed by atoms with Gasteiger partial charge in [-0.15, -0.1) is 0 Å². The van der Waals surface area contributed by atoms with E-state index < -0.39 is 5.51 Å². The molecule has 0 saturated heterocycles. The Morgan fingerprint density at radius 1 is 1.03 bits per heavy atom. The van der Waals surface area contributed by atoms with Gasteiger partial charge in [0.2, 0.25) is 0 Å². The van der Waals surface area contributed by atoms with Gasteiger partial charge in [-0.05, 0) is 65.9 Å². The fourth-order valence-corrected chi connectivity index (χ4v) is 3.02. The lowest BCUT2D eigenvalue weighted by atomic mass is 10.2. The van der Waals surface area contributed by atoms with Gasteiger partial charge in [-0.25, -0.2) is 0 Å². The highest BCUT2D eigenvalue weighted by Crippen LogP contribution is 2.36. The zero-order chi connectivity index (χ0) is 20.7. The third kappa shape index (κ3) is 6.83. The summed E-state index contributed by atoms with van der Waals surface area (Å²) < 4.78 is 42.8. The monoisotopic (exact) mass is 418 g/mol. The first-order chi connectivity index (χ1) is 13.9. The average Bonchev–Trinajstić information content (AvgIpc) is 2.71. The highest BCUT2D eigenvalue weighted by atomic mass is 32.2. The van der Waals surface area contributed by atoms with Gasteiger partial charge >= 0.3 is 5.51 Å². The van der Waals surface area contributed by atoms with Crippen molar-refractivity contribution < 1.29 is 22.7 Å². The van der Waals surface area contributed by atoms with E-state index in [4.69, 9.17) is 4.74 Å². The molecule has 1 heterocycles. The first-order valence-corrected chi connectivity index (χ1v) is 9.46. The molecule has 0 fully saturated rings. The van der Waals surface area contributed by atoms with Crippen LogP contribution in [0.2, 0.25) is 0 Å². The molecule has 8 heteroatoms. The largest absolute Gasteiger partial charge is 0.487 e. The summed E-state index contributed by atoms with van der Waals surface area (Å²) in [6, 6.07) is 18.2. The number of carbonyl (C=O) groups is 1. The molecular formula is C21H17F3N2O2S. The van der Waals surface area contributed by atoms with Gasteiger partial charge in [-0.2, -0.15) is 13.2 Å². The normalized spacial score (nSPS) is 11.1. The maximum atomic E-state index is 12.4. The number of pyridine rings is 1. The predicted molar refractivity (Wildman–Crippen MR) is 105 cm³/mol. The van der Waals surface area contributed by atoms with E-state index in [1.807, 2.05) is 42.5 Å². The molecule has 4 nitrogen and oxygen atoms in total. The standard InChI is InChI=1S/C21H17F3N2O2S/c22-21(23,24)29-19-9-7-16(8-10-19)20(27)26-13-15-4-3-6-18(12-15)28-14-17-5-1-2-11-25-17/h1-12H,13-14H2,(H,26,27). The second-order valence-corrected chi connectivity index (χ2v) is 7.15. The van der Waals surface area contributed by atoms with E-state index in [2.05, 4.69) is 10.3 Å². The van der Waals surface area contributed by atoms with Gasteiger partial charge < -0.3 is 10.1 Å². The number of alkyl halides is 3. The summed E-state index contributed by atoms with van der Waals surface area (Å²) in [6.45, 7) is 0.595. The molecule has 0 unspecified atom stereocenters. The molecule has 0 atom stereocenters. The van der Waals surface area contributed by atoms with Crippen molar-refractivity contribution in [1.29, 1.82) is 0 Å². The highest BCUT2D eigenvalue weighted by Gasteiger charge is 2.29. The van der Waals surface area contributed by atoms with Crippen LogP contribution in [0.15, 0.2) is 77.8 Å². The summed E-state index contributed by atoms with van der Waals surface area (Å²) in [6.07, 6.45) is 1.69. The van der Waals surface area contributed by atoms with E-state index in [1.54, 1.807) is 6.20 Å². The van der Waals surface area contributed by atoms with Crippen molar-refractivity contribution in [2.75, 3.05) is 0 Å². The summed E-state index contributed by atoms with van der Waals surface area (Å²) in [4.78, 5) is 16.5. The van der Waals surface area contributed by atoms with Gasteiger partial charge in [0, 0.05) is 23.2 Å². The molecule has 1 N–H and O–H groups in total. The van der Waals surface area contributed by atoms with Crippen molar-refractivity contribution in [3.63, 3.8) is 0 Å². The van der Waals surface area contributed by atoms with E-state index in [0.717, 1.165) is 11.3 Å². The third-order valence-electron chi connectivity index (χ3n) is 3.81. The number of benzene rings is 2. The Bertz CT molecular complexity index is 948. The van der Waals surface area contributed by atoms with Gasteiger partial charge in [-0.1, -0.05) is 18.2 Å². The molecule has 1 amide bonds. The molecule has 0 aliphatic heterocycles. The predicted octanol–water partition coefficient (Wildman–Crippen LogP) is 5.20. The van der Waals surface area contributed by atoms with Crippen LogP contribution in [-0.2, 0) is 13.2 Å². The molecule has 1 aromatic heterocycles. The summed E-state index contributed by atoms with van der Waals surface area (Å²) in [5, 5.41) is 2.75. The fourth-order valence-electron chi connectivity index (χ4n) is 2.48. The number of hydrogen-bond donors (Lipinski definition) is 1. The molecule has 0 aliphatic rings. The zero-order valence-corrected chi connectivity index (χ0v) is 16.0. The van der Waals surface area contributed by atoms with Crippen LogP contribution in [0.4, 0.5) is 13.2 Å². The van der Waals surface area contributed by atoms with Crippen LogP contribution in [-0.4, -0.2) is 16.4 Å². The van der Waals surface area contributed by atoms with Gasteiger partial charge in [0.05, 0.1) is 5.69 Å². The van der Waals surface area contributed by atoms with Crippen molar-refractivity contribution >= 4 is 17.7 Å². The van der Waals surface area contributed by atoms with Crippen LogP contribution < -0.4 is 10.1 Å². The fraction of sp³-hybridized carbons (Fsp3) is 0.143. The molecule has 0 bridgehead atoms. The number of amides is 1. The Morgan fingerprint density at radius 3 is 2.52 bits per heavy atom. The Balaban J connectivity index is 1.53. The lowest BCUT2D eigenvalue weighted by molar-refractivity contribution is -0.0328. The van der Waals surface area contributed by atoms with Crippen molar-refractivity contribution in [2.45, 2.75) is 23.6 Å². The Morgan fingerprint density at radius 2 is 1.83 bits per heavy atom. The number of carbonyl (C=O) groups excluding carboxylic acids is 1. The zero-order valence-electron chi connectivity index (χ0n) is 15.1. The van der Waals surface area contributed by atoms with Crippen molar-refractivity contribution in [2.24, 2.45) is 0 Å². The molecular weight excluding hydrogens is 401 g/mol. The molecule has 3 aromatic rings. The Kier molecular flexibility index (Phi) is 6.77. The third-order valence-corrected chi connectivity index (χ3v) is 4.55. The van der Waals surface area contributed by atoms with Gasteiger partial charge in [-0.3, -0.25) is 9.78 Å². The molecule has 150 valence electrons. The molecule has 29 heavy (non-hydrogen) atoms. The summed E-state index contributed by atoms with van der Waals surface area (Å²) in [5.41, 5.74) is -2.42. The van der Waals surface area contributed by atoms with E-state index >= 15 is 0 Å². The maximum absolute atomic E-state index is 12.4. The topological polar surface area (TPSA) is 51.2 Å². The molecule has 3 rings (SSSR count). The minimum Gasteiger partial charge on any atom is -0.487 e. The Hall–Kier alpha value is -3.00. The van der Waals surface area contributed by atoms with Crippen LogP contribution >= 0.6 is 11.8 Å². The van der Waals surface area contributed by atoms with E-state index in [1.165, 1.54) is 24.3 Å². The smallest absolute Gasteiger partial charge is 0.446 e. The van der Waals surface area contributed by atoms with Gasteiger partial charge in [0.15, 0.2) is 0 Å². The van der Waals surface area contributed by atoms with E-state index in [-0.39, 0.29) is 29.1 Å². The summed E-state index contributed by atoms with van der Waals surface area (Å²) >= 11 is -0.214. The van der Waals surface area contributed by atoms with Crippen molar-refractivity contribution in [1.82, 2.24) is 10.3 Å². The number of thioether (sulfide) groups is 1. The summed E-state index contributed by atoms with van der Waals surface area (Å²) in [7, 11) is 0. The first-order valence-electron chi connectivity index (χ1n) is 8.65. The second-order valence-electron chi connectivity index (χ2n) is 6.01. The van der Waals surface area contributed by atoms with Crippen molar-refractivity contribution in [3.05, 3.63) is 89.7 Å². The Labute approximate surface area is 170 Å². The number of halogens is 3. The summed E-state index contributed by atoms with van der Waals surface area (Å²) in [5.74, 6) is 0.282. The minimum absolute atomic E-state index is 0.0341. The number of ether oxygens (including phenoxy) is 1. The number of hydrogen-bond acceptors (Lipinski definition) is 4. The average molecular weight is 418 g/mol. The number of aromatic nitrogens is 1. The lowest BCUT2D eigenvalue weighted by Crippen LogP contribution is -2.22. The lowest BCUT2D eigenvalue weighted by Gasteiger charge is -2.10. The molecule has 0 spiro atoms. The highest BCUT2D eigenvalue weighted by molar-refractivity contribution is 8.00. The van der Waals surface area contributed by atoms with E-state index in [9.17, 15) is 18.0 Å². The van der Waals surface area contributed by atoms with Crippen molar-refractivity contribution in [3.8, 4) is 5.75 Å². The maximum Gasteiger partial charge on any atom is 0.446 e. The van der Waals surface area contributed by atoms with Crippen LogP contribution in [0.5, 0.6) is 5.75 Å². The number of nitrogens with zero attached hydrogens (tertiary/aromatic N) is 1. The SMILES string of the molecule is O=C(NCc1cccc(OCc2ccccn2)c1)c1ccc(SC(F)(F)F)cc1. The quantitative estimate of drug-likeness (QED) is 0.536. The first kappa shape index (κ1) is 20.7. The second kappa shape index (κ2) is 9.47. The minimum atomic E-state index is -4.35.